The monoisotopic (exact) mass is 450 g/mol. The van der Waals surface area contributed by atoms with E-state index in [1.807, 2.05) is 0 Å². The predicted molar refractivity (Wildman–Crippen MR) is 122 cm³/mol. The summed E-state index contributed by atoms with van der Waals surface area (Å²) in [5.41, 5.74) is 1.25. The molecule has 7 heteroatoms. The van der Waals surface area contributed by atoms with Crippen molar-refractivity contribution in [2.45, 2.75) is 38.5 Å². The molecule has 1 aromatic heterocycles. The van der Waals surface area contributed by atoms with Crippen LogP contribution in [0.25, 0.3) is 6.08 Å². The van der Waals surface area contributed by atoms with Gasteiger partial charge in [0.1, 0.15) is 11.6 Å². The van der Waals surface area contributed by atoms with E-state index in [0.29, 0.717) is 29.3 Å². The van der Waals surface area contributed by atoms with Crippen LogP contribution in [0, 0.1) is 23.6 Å². The third-order valence-corrected chi connectivity index (χ3v) is 6.58. The van der Waals surface area contributed by atoms with Gasteiger partial charge < -0.3 is 10.1 Å². The van der Waals surface area contributed by atoms with Gasteiger partial charge in [-0.2, -0.15) is 0 Å². The Morgan fingerprint density at radius 3 is 2.67 bits per heavy atom. The van der Waals surface area contributed by atoms with E-state index in [-0.39, 0.29) is 17.3 Å². The molecule has 1 aromatic carbocycles. The minimum absolute atomic E-state index is 0.239. The molecule has 4 rings (SSSR count). The Morgan fingerprint density at radius 2 is 1.97 bits per heavy atom. The van der Waals surface area contributed by atoms with E-state index in [9.17, 15) is 18.8 Å². The lowest BCUT2D eigenvalue weighted by Gasteiger charge is -2.30. The fourth-order valence-electron chi connectivity index (χ4n) is 4.80. The maximum Gasteiger partial charge on any atom is 0.339 e. The average molecular weight is 451 g/mol. The minimum atomic E-state index is -0.671. The fraction of sp³-hybridized carbons (Fsp3) is 0.385. The summed E-state index contributed by atoms with van der Waals surface area (Å²) < 4.78 is 18.5. The zero-order chi connectivity index (χ0) is 23.4. The van der Waals surface area contributed by atoms with E-state index in [4.69, 9.17) is 0 Å². The average Bonchev–Trinajstić information content (AvgIpc) is 2.84. The van der Waals surface area contributed by atoms with Gasteiger partial charge in [0.25, 0.3) is 0 Å². The van der Waals surface area contributed by atoms with Crippen molar-refractivity contribution in [3.8, 4) is 0 Å². The number of ether oxygens (including phenoxy) is 1. The number of nitrogens with zero attached hydrogens (tertiary/aromatic N) is 1. The molecule has 172 valence electrons. The number of hydrogen-bond acceptors (Lipinski definition) is 5. The number of anilines is 1. The molecule has 0 spiro atoms. The number of esters is 1. The smallest absolute Gasteiger partial charge is 0.339 e. The quantitative estimate of drug-likeness (QED) is 0.622. The lowest BCUT2D eigenvalue weighted by molar-refractivity contribution is -0.121. The maximum absolute atomic E-state index is 13.8. The van der Waals surface area contributed by atoms with Crippen molar-refractivity contribution in [3.05, 3.63) is 65.1 Å². The standard InChI is InChI=1S/C26H27FN2O4/c1-33-26(32)18-9-12-23(28-15-18)29-25(31)22(13-16-5-3-2-4-6-16)20-11-8-17-7-10-19(27)14-21(17)24(20)30/h7-12,14-16,20,22H,2-6,13H2,1H3,(H,28,29,31). The molecule has 2 aromatic rings. The third kappa shape index (κ3) is 5.18. The van der Waals surface area contributed by atoms with Crippen LogP contribution in [0.15, 0.2) is 42.6 Å². The molecule has 2 aliphatic carbocycles. The molecule has 2 atom stereocenters. The van der Waals surface area contributed by atoms with E-state index in [0.717, 1.165) is 25.7 Å². The summed E-state index contributed by atoms with van der Waals surface area (Å²) in [6.07, 6.45) is 11.0. The number of Topliss-reactive ketones (excluding diaryl/α,β-unsaturated/α-hetero) is 1. The van der Waals surface area contributed by atoms with Gasteiger partial charge in [0, 0.05) is 11.8 Å². The van der Waals surface area contributed by atoms with Gasteiger partial charge in [-0.3, -0.25) is 9.59 Å². The zero-order valence-corrected chi connectivity index (χ0v) is 18.6. The second kappa shape index (κ2) is 10.1. The van der Waals surface area contributed by atoms with Crippen LogP contribution < -0.4 is 5.32 Å². The number of nitrogens with one attached hydrogen (secondary N) is 1. The number of carbonyl (C=O) groups is 3. The number of aromatic nitrogens is 1. The summed E-state index contributed by atoms with van der Waals surface area (Å²) >= 11 is 0. The van der Waals surface area contributed by atoms with Crippen molar-refractivity contribution in [1.29, 1.82) is 0 Å². The molecule has 0 radical (unpaired) electrons. The van der Waals surface area contributed by atoms with Gasteiger partial charge in [-0.1, -0.05) is 50.3 Å². The van der Waals surface area contributed by atoms with Gasteiger partial charge in [-0.25, -0.2) is 14.2 Å². The highest BCUT2D eigenvalue weighted by molar-refractivity contribution is 6.07. The van der Waals surface area contributed by atoms with Crippen LogP contribution in [0.5, 0.6) is 0 Å². The molecular weight excluding hydrogens is 423 g/mol. The molecule has 1 amide bonds. The van der Waals surface area contributed by atoms with Crippen LogP contribution in [-0.2, 0) is 9.53 Å². The first-order valence-corrected chi connectivity index (χ1v) is 11.3. The maximum atomic E-state index is 13.8. The Bertz CT molecular complexity index is 1070. The molecular formula is C26H27FN2O4. The van der Waals surface area contributed by atoms with Crippen molar-refractivity contribution >= 4 is 29.6 Å². The second-order valence-electron chi connectivity index (χ2n) is 8.74. The van der Waals surface area contributed by atoms with E-state index in [2.05, 4.69) is 15.0 Å². The lowest BCUT2D eigenvalue weighted by atomic mass is 9.73. The molecule has 0 aliphatic heterocycles. The summed E-state index contributed by atoms with van der Waals surface area (Å²) in [4.78, 5) is 42.4. The van der Waals surface area contributed by atoms with Crippen molar-refractivity contribution in [2.75, 3.05) is 12.4 Å². The Balaban J connectivity index is 1.57. The summed E-state index contributed by atoms with van der Waals surface area (Å²) in [6.45, 7) is 0. The van der Waals surface area contributed by atoms with Crippen LogP contribution >= 0.6 is 0 Å². The number of carbonyl (C=O) groups excluding carboxylic acids is 3. The summed E-state index contributed by atoms with van der Waals surface area (Å²) in [7, 11) is 1.28. The van der Waals surface area contributed by atoms with Crippen LogP contribution in [0.3, 0.4) is 0 Å². The van der Waals surface area contributed by atoms with Crippen LogP contribution in [0.1, 0.15) is 64.8 Å². The molecule has 1 fully saturated rings. The second-order valence-corrected chi connectivity index (χ2v) is 8.74. The van der Waals surface area contributed by atoms with Crippen molar-refractivity contribution in [3.63, 3.8) is 0 Å². The van der Waals surface area contributed by atoms with Gasteiger partial charge in [0.05, 0.1) is 24.5 Å². The van der Waals surface area contributed by atoms with Crippen molar-refractivity contribution < 1.29 is 23.5 Å². The first-order valence-electron chi connectivity index (χ1n) is 11.3. The number of allylic oxidation sites excluding steroid dienone is 1. The minimum Gasteiger partial charge on any atom is -0.465 e. The fourth-order valence-corrected chi connectivity index (χ4v) is 4.80. The summed E-state index contributed by atoms with van der Waals surface area (Å²) in [6, 6.07) is 7.21. The van der Waals surface area contributed by atoms with Crippen LogP contribution in [0.2, 0.25) is 0 Å². The van der Waals surface area contributed by atoms with E-state index < -0.39 is 23.6 Å². The van der Waals surface area contributed by atoms with Gasteiger partial charge in [0.2, 0.25) is 5.91 Å². The van der Waals surface area contributed by atoms with Gasteiger partial charge in [-0.05, 0) is 42.2 Å². The molecule has 1 saturated carbocycles. The Kier molecular flexibility index (Phi) is 6.96. The molecule has 0 saturated heterocycles. The molecule has 2 unspecified atom stereocenters. The first kappa shape index (κ1) is 22.8. The van der Waals surface area contributed by atoms with Crippen LogP contribution in [0.4, 0.5) is 10.2 Å². The summed E-state index contributed by atoms with van der Waals surface area (Å²) in [5, 5.41) is 2.81. The first-order chi connectivity index (χ1) is 16.0. The molecule has 2 aliphatic rings. The Hall–Kier alpha value is -3.35. The Morgan fingerprint density at radius 1 is 1.18 bits per heavy atom. The number of rotatable bonds is 6. The summed E-state index contributed by atoms with van der Waals surface area (Å²) in [5.74, 6) is -2.15. The van der Waals surface area contributed by atoms with E-state index in [1.54, 1.807) is 18.2 Å². The van der Waals surface area contributed by atoms with E-state index in [1.165, 1.54) is 44.0 Å². The highest BCUT2D eigenvalue weighted by Crippen LogP contribution is 2.36. The highest BCUT2D eigenvalue weighted by Gasteiger charge is 2.37. The molecule has 6 nitrogen and oxygen atoms in total. The predicted octanol–water partition coefficient (Wildman–Crippen LogP) is 5.06. The zero-order valence-electron chi connectivity index (χ0n) is 18.6. The van der Waals surface area contributed by atoms with Crippen molar-refractivity contribution in [1.82, 2.24) is 4.98 Å². The van der Waals surface area contributed by atoms with Gasteiger partial charge in [0.15, 0.2) is 5.78 Å². The molecule has 0 bridgehead atoms. The largest absolute Gasteiger partial charge is 0.465 e. The lowest BCUT2D eigenvalue weighted by Crippen LogP contribution is -2.36. The number of amides is 1. The third-order valence-electron chi connectivity index (χ3n) is 6.58. The SMILES string of the molecule is COC(=O)c1ccc(NC(=O)C(CC2CCCCC2)C2C=Cc3ccc(F)cc3C2=O)nc1. The Labute approximate surface area is 192 Å². The number of ketones is 1. The highest BCUT2D eigenvalue weighted by atomic mass is 19.1. The van der Waals surface area contributed by atoms with Crippen molar-refractivity contribution in [2.24, 2.45) is 17.8 Å². The van der Waals surface area contributed by atoms with Gasteiger partial charge >= 0.3 is 5.97 Å². The topological polar surface area (TPSA) is 85.4 Å². The molecule has 1 heterocycles. The van der Waals surface area contributed by atoms with Gasteiger partial charge in [-0.15, -0.1) is 0 Å². The normalized spacial score (nSPS) is 19.0. The number of fused-ring (bicyclic) bond motifs is 1. The number of pyridine rings is 1. The molecule has 33 heavy (non-hydrogen) atoms. The number of hydrogen-bond donors (Lipinski definition) is 1. The number of methoxy groups -OCH3 is 1. The number of halogens is 1. The molecule has 1 N–H and O–H groups in total. The van der Waals surface area contributed by atoms with Crippen LogP contribution in [-0.4, -0.2) is 29.8 Å². The number of benzene rings is 1. The van der Waals surface area contributed by atoms with E-state index >= 15 is 0 Å².